The molecular weight excluding hydrogens is 266 g/mol. The van der Waals surface area contributed by atoms with Crippen LogP contribution in [-0.4, -0.2) is 22.7 Å². The zero-order chi connectivity index (χ0) is 15.1. The van der Waals surface area contributed by atoms with E-state index in [9.17, 15) is 0 Å². The van der Waals surface area contributed by atoms with Crippen LogP contribution in [0.2, 0.25) is 0 Å². The number of aromatic nitrogens is 2. The molecule has 1 N–H and O–H groups in total. The lowest BCUT2D eigenvalue weighted by atomic mass is 10.2. The molecule has 0 fully saturated rings. The van der Waals surface area contributed by atoms with Gasteiger partial charge < -0.3 is 19.4 Å². The standard InChI is InChI=1S/C16H23N3O2/c1-4-17-9-13-6-7-15(16(8-13)20-5-2)21-11-14-10-18-12-19(14)3/h6-8,10,12,17H,4-5,9,11H2,1-3H3. The van der Waals surface area contributed by atoms with Gasteiger partial charge in [0.05, 0.1) is 24.8 Å². The van der Waals surface area contributed by atoms with Gasteiger partial charge in [-0.2, -0.15) is 0 Å². The lowest BCUT2D eigenvalue weighted by Crippen LogP contribution is -2.12. The summed E-state index contributed by atoms with van der Waals surface area (Å²) < 4.78 is 13.5. The number of aryl methyl sites for hydroxylation is 1. The summed E-state index contributed by atoms with van der Waals surface area (Å²) in [5, 5.41) is 3.31. The molecule has 0 spiro atoms. The monoisotopic (exact) mass is 289 g/mol. The van der Waals surface area contributed by atoms with Gasteiger partial charge in [-0.1, -0.05) is 13.0 Å². The van der Waals surface area contributed by atoms with Gasteiger partial charge in [0.15, 0.2) is 11.5 Å². The molecule has 0 aliphatic carbocycles. The summed E-state index contributed by atoms with van der Waals surface area (Å²) in [4.78, 5) is 4.08. The largest absolute Gasteiger partial charge is 0.490 e. The van der Waals surface area contributed by atoms with E-state index < -0.39 is 0 Å². The fourth-order valence-electron chi connectivity index (χ4n) is 1.99. The Morgan fingerprint density at radius 2 is 2.05 bits per heavy atom. The molecule has 0 amide bonds. The number of hydrogen-bond acceptors (Lipinski definition) is 4. The van der Waals surface area contributed by atoms with Gasteiger partial charge in [-0.25, -0.2) is 4.98 Å². The molecule has 1 heterocycles. The van der Waals surface area contributed by atoms with Crippen LogP contribution >= 0.6 is 0 Å². The molecule has 0 bridgehead atoms. The highest BCUT2D eigenvalue weighted by atomic mass is 16.5. The van der Waals surface area contributed by atoms with E-state index in [-0.39, 0.29) is 0 Å². The Balaban J connectivity index is 2.08. The fourth-order valence-corrected chi connectivity index (χ4v) is 1.99. The van der Waals surface area contributed by atoms with Gasteiger partial charge in [0.2, 0.25) is 0 Å². The zero-order valence-corrected chi connectivity index (χ0v) is 12.9. The summed E-state index contributed by atoms with van der Waals surface area (Å²) in [5.41, 5.74) is 2.21. The van der Waals surface area contributed by atoms with E-state index in [4.69, 9.17) is 9.47 Å². The molecule has 2 rings (SSSR count). The summed E-state index contributed by atoms with van der Waals surface area (Å²) in [6.07, 6.45) is 3.57. The predicted octanol–water partition coefficient (Wildman–Crippen LogP) is 2.51. The maximum atomic E-state index is 5.87. The van der Waals surface area contributed by atoms with Crippen LogP contribution < -0.4 is 14.8 Å². The molecular formula is C16H23N3O2. The number of rotatable bonds is 8. The van der Waals surface area contributed by atoms with Gasteiger partial charge in [-0.05, 0) is 31.2 Å². The van der Waals surface area contributed by atoms with Gasteiger partial charge in [-0.3, -0.25) is 0 Å². The third kappa shape index (κ3) is 4.23. The van der Waals surface area contributed by atoms with E-state index >= 15 is 0 Å². The first-order valence-electron chi connectivity index (χ1n) is 7.29. The van der Waals surface area contributed by atoms with E-state index in [1.54, 1.807) is 12.5 Å². The van der Waals surface area contributed by atoms with Crippen molar-refractivity contribution in [2.24, 2.45) is 7.05 Å². The van der Waals surface area contributed by atoms with Crippen LogP contribution in [0.5, 0.6) is 11.5 Å². The first kappa shape index (κ1) is 15.4. The average Bonchev–Trinajstić information content (AvgIpc) is 2.90. The van der Waals surface area contributed by atoms with Crippen molar-refractivity contribution in [1.82, 2.24) is 14.9 Å². The Kier molecular flexibility index (Phi) is 5.63. The summed E-state index contributed by atoms with van der Waals surface area (Å²) >= 11 is 0. The topological polar surface area (TPSA) is 48.3 Å². The van der Waals surface area contributed by atoms with Crippen LogP contribution in [0.3, 0.4) is 0 Å². The number of ether oxygens (including phenoxy) is 2. The number of nitrogens with zero attached hydrogens (tertiary/aromatic N) is 2. The van der Waals surface area contributed by atoms with Crippen LogP contribution in [0, 0.1) is 0 Å². The SMILES string of the molecule is CCNCc1ccc(OCc2cncn2C)c(OCC)c1. The van der Waals surface area contributed by atoms with Gasteiger partial charge in [0.1, 0.15) is 6.61 Å². The van der Waals surface area contributed by atoms with Gasteiger partial charge in [0, 0.05) is 13.6 Å². The first-order valence-corrected chi connectivity index (χ1v) is 7.29. The molecule has 1 aromatic carbocycles. The molecule has 0 atom stereocenters. The Bertz CT molecular complexity index is 566. The third-order valence-corrected chi connectivity index (χ3v) is 3.18. The second kappa shape index (κ2) is 7.69. The lowest BCUT2D eigenvalue weighted by molar-refractivity contribution is 0.264. The smallest absolute Gasteiger partial charge is 0.161 e. The van der Waals surface area contributed by atoms with E-state index in [2.05, 4.69) is 23.3 Å². The Labute approximate surface area is 125 Å². The molecule has 2 aromatic rings. The van der Waals surface area contributed by atoms with Crippen LogP contribution in [0.4, 0.5) is 0 Å². The minimum Gasteiger partial charge on any atom is -0.490 e. The van der Waals surface area contributed by atoms with Crippen LogP contribution in [-0.2, 0) is 20.2 Å². The molecule has 5 nitrogen and oxygen atoms in total. The Morgan fingerprint density at radius 3 is 2.71 bits per heavy atom. The minimum atomic E-state index is 0.475. The van der Waals surface area contributed by atoms with Crippen LogP contribution in [0.15, 0.2) is 30.7 Å². The second-order valence-corrected chi connectivity index (χ2v) is 4.78. The predicted molar refractivity (Wildman–Crippen MR) is 82.5 cm³/mol. The van der Waals surface area contributed by atoms with Crippen molar-refractivity contribution in [1.29, 1.82) is 0 Å². The zero-order valence-electron chi connectivity index (χ0n) is 12.9. The Morgan fingerprint density at radius 1 is 1.19 bits per heavy atom. The summed E-state index contributed by atoms with van der Waals surface area (Å²) in [5.74, 6) is 1.55. The van der Waals surface area contributed by atoms with E-state index in [0.717, 1.165) is 30.3 Å². The van der Waals surface area contributed by atoms with E-state index in [0.29, 0.717) is 13.2 Å². The molecule has 0 aliphatic heterocycles. The van der Waals surface area contributed by atoms with Gasteiger partial charge in [0.25, 0.3) is 0 Å². The Hall–Kier alpha value is -2.01. The third-order valence-electron chi connectivity index (χ3n) is 3.18. The fraction of sp³-hybridized carbons (Fsp3) is 0.438. The van der Waals surface area contributed by atoms with Crippen LogP contribution in [0.1, 0.15) is 25.1 Å². The molecule has 0 saturated heterocycles. The molecule has 114 valence electrons. The molecule has 0 saturated carbocycles. The molecule has 21 heavy (non-hydrogen) atoms. The molecule has 0 aliphatic rings. The van der Waals surface area contributed by atoms with Crippen molar-refractivity contribution in [2.45, 2.75) is 27.0 Å². The molecule has 5 heteroatoms. The molecule has 1 aromatic heterocycles. The normalized spacial score (nSPS) is 10.6. The minimum absolute atomic E-state index is 0.475. The van der Waals surface area contributed by atoms with Crippen molar-refractivity contribution in [3.8, 4) is 11.5 Å². The lowest BCUT2D eigenvalue weighted by Gasteiger charge is -2.13. The maximum Gasteiger partial charge on any atom is 0.161 e. The number of nitrogens with one attached hydrogen (secondary N) is 1. The number of imidazole rings is 1. The number of hydrogen-bond donors (Lipinski definition) is 1. The number of benzene rings is 1. The van der Waals surface area contributed by atoms with Crippen molar-refractivity contribution in [3.63, 3.8) is 0 Å². The quantitative estimate of drug-likeness (QED) is 0.811. The van der Waals surface area contributed by atoms with Crippen molar-refractivity contribution in [2.75, 3.05) is 13.2 Å². The van der Waals surface area contributed by atoms with Crippen LogP contribution in [0.25, 0.3) is 0 Å². The van der Waals surface area contributed by atoms with Crippen molar-refractivity contribution >= 4 is 0 Å². The van der Waals surface area contributed by atoms with Crippen molar-refractivity contribution < 1.29 is 9.47 Å². The van der Waals surface area contributed by atoms with Gasteiger partial charge >= 0.3 is 0 Å². The van der Waals surface area contributed by atoms with E-state index in [1.165, 1.54) is 5.56 Å². The van der Waals surface area contributed by atoms with E-state index in [1.807, 2.05) is 30.7 Å². The summed E-state index contributed by atoms with van der Waals surface area (Å²) in [6, 6.07) is 6.06. The first-order chi connectivity index (χ1) is 10.2. The second-order valence-electron chi connectivity index (χ2n) is 4.78. The highest BCUT2D eigenvalue weighted by molar-refractivity contribution is 5.43. The average molecular weight is 289 g/mol. The van der Waals surface area contributed by atoms with Gasteiger partial charge in [-0.15, -0.1) is 0 Å². The van der Waals surface area contributed by atoms with Crippen molar-refractivity contribution in [3.05, 3.63) is 42.0 Å². The molecule has 0 radical (unpaired) electrons. The highest BCUT2D eigenvalue weighted by Crippen LogP contribution is 2.29. The highest BCUT2D eigenvalue weighted by Gasteiger charge is 2.08. The molecule has 0 unspecified atom stereocenters. The summed E-state index contributed by atoms with van der Waals surface area (Å²) in [7, 11) is 1.95. The summed E-state index contributed by atoms with van der Waals surface area (Å²) in [6.45, 7) is 6.94. The maximum absolute atomic E-state index is 5.87.